The molecule has 1 rings (SSSR count). The van der Waals surface area contributed by atoms with Crippen LogP contribution >= 0.6 is 0 Å². The fourth-order valence-corrected chi connectivity index (χ4v) is 1.48. The molecule has 0 saturated heterocycles. The van der Waals surface area contributed by atoms with Gasteiger partial charge in [0.15, 0.2) is 0 Å². The Morgan fingerprint density at radius 1 is 1.38 bits per heavy atom. The molecule has 1 aromatic heterocycles. The zero-order valence-corrected chi connectivity index (χ0v) is 9.18. The van der Waals surface area contributed by atoms with E-state index in [1.54, 1.807) is 0 Å². The second-order valence-electron chi connectivity index (χ2n) is 4.40. The molecule has 0 amide bonds. The van der Waals surface area contributed by atoms with Gasteiger partial charge >= 0.3 is 0 Å². The first-order valence-electron chi connectivity index (χ1n) is 4.71. The van der Waals surface area contributed by atoms with E-state index in [-0.39, 0.29) is 5.41 Å². The Kier molecular flexibility index (Phi) is 2.37. The average Bonchev–Trinajstić information content (AvgIpc) is 2.28. The zero-order valence-electron chi connectivity index (χ0n) is 9.18. The van der Waals surface area contributed by atoms with E-state index >= 15 is 0 Å². The first kappa shape index (κ1) is 10.1. The molecule has 0 aliphatic carbocycles. The van der Waals surface area contributed by atoms with Gasteiger partial charge in [0.2, 0.25) is 0 Å². The van der Waals surface area contributed by atoms with Crippen molar-refractivity contribution in [3.8, 4) is 0 Å². The molecule has 2 N–H and O–H groups in total. The number of nitrogens with zero attached hydrogens (tertiary/aromatic N) is 2. The van der Waals surface area contributed by atoms with Gasteiger partial charge in [-0.05, 0) is 13.8 Å². The first-order valence-corrected chi connectivity index (χ1v) is 4.71. The SMILES string of the molecule is CCn1c(C(C)(C)C)nc(C)c1N. The van der Waals surface area contributed by atoms with E-state index in [2.05, 4.69) is 37.2 Å². The van der Waals surface area contributed by atoms with Gasteiger partial charge in [-0.2, -0.15) is 0 Å². The third-order valence-electron chi connectivity index (χ3n) is 2.18. The Morgan fingerprint density at radius 2 is 1.92 bits per heavy atom. The Balaban J connectivity index is 3.30. The van der Waals surface area contributed by atoms with Crippen molar-refractivity contribution < 1.29 is 0 Å². The van der Waals surface area contributed by atoms with E-state index in [1.165, 1.54) is 0 Å². The molecule has 13 heavy (non-hydrogen) atoms. The molecule has 0 aliphatic heterocycles. The van der Waals surface area contributed by atoms with Crippen LogP contribution in [0.5, 0.6) is 0 Å². The summed E-state index contributed by atoms with van der Waals surface area (Å²) in [5, 5.41) is 0. The van der Waals surface area contributed by atoms with Crippen LogP contribution < -0.4 is 5.73 Å². The summed E-state index contributed by atoms with van der Waals surface area (Å²) in [4.78, 5) is 4.49. The lowest BCUT2D eigenvalue weighted by atomic mass is 9.96. The topological polar surface area (TPSA) is 43.8 Å². The highest BCUT2D eigenvalue weighted by Gasteiger charge is 2.22. The summed E-state index contributed by atoms with van der Waals surface area (Å²) in [5.41, 5.74) is 6.92. The number of imidazole rings is 1. The molecule has 0 fully saturated rings. The Bertz CT molecular complexity index is 305. The second kappa shape index (κ2) is 3.05. The molecule has 0 unspecified atom stereocenters. The maximum Gasteiger partial charge on any atom is 0.126 e. The van der Waals surface area contributed by atoms with Gasteiger partial charge in [0.1, 0.15) is 11.6 Å². The van der Waals surface area contributed by atoms with Crippen molar-refractivity contribution in [2.24, 2.45) is 0 Å². The maximum atomic E-state index is 5.91. The molecule has 0 aromatic carbocycles. The van der Waals surface area contributed by atoms with Gasteiger partial charge in [-0.3, -0.25) is 0 Å². The molecule has 0 aliphatic rings. The quantitative estimate of drug-likeness (QED) is 0.721. The lowest BCUT2D eigenvalue weighted by Gasteiger charge is -2.19. The van der Waals surface area contributed by atoms with Gasteiger partial charge in [0.25, 0.3) is 0 Å². The minimum atomic E-state index is 0.0678. The molecule has 0 radical (unpaired) electrons. The minimum absolute atomic E-state index is 0.0678. The predicted molar refractivity (Wildman–Crippen MR) is 55.8 cm³/mol. The summed E-state index contributed by atoms with van der Waals surface area (Å²) < 4.78 is 2.08. The first-order chi connectivity index (χ1) is 5.88. The van der Waals surface area contributed by atoms with E-state index in [0.717, 1.165) is 23.9 Å². The standard InChI is InChI=1S/C10H19N3/c1-6-13-8(11)7(2)12-9(13)10(3,4)5/h6,11H2,1-5H3. The van der Waals surface area contributed by atoms with Crippen molar-refractivity contribution in [1.82, 2.24) is 9.55 Å². The van der Waals surface area contributed by atoms with Gasteiger partial charge < -0.3 is 10.3 Å². The minimum Gasteiger partial charge on any atom is -0.384 e. The van der Waals surface area contributed by atoms with Crippen LogP contribution in [0.2, 0.25) is 0 Å². The summed E-state index contributed by atoms with van der Waals surface area (Å²) in [6, 6.07) is 0. The molecule has 0 bridgehead atoms. The van der Waals surface area contributed by atoms with Crippen LogP contribution in [0.4, 0.5) is 5.82 Å². The van der Waals surface area contributed by atoms with Crippen LogP contribution in [0.1, 0.15) is 39.2 Å². The van der Waals surface area contributed by atoms with Gasteiger partial charge in [0, 0.05) is 12.0 Å². The summed E-state index contributed by atoms with van der Waals surface area (Å²) in [7, 11) is 0. The highest BCUT2D eigenvalue weighted by Crippen LogP contribution is 2.25. The predicted octanol–water partition coefficient (Wildman–Crippen LogP) is 2.09. The van der Waals surface area contributed by atoms with Crippen molar-refractivity contribution in [2.75, 3.05) is 5.73 Å². The number of anilines is 1. The fourth-order valence-electron chi connectivity index (χ4n) is 1.48. The number of rotatable bonds is 1. The van der Waals surface area contributed by atoms with Crippen molar-refractivity contribution >= 4 is 5.82 Å². The number of aromatic nitrogens is 2. The molecule has 0 atom stereocenters. The monoisotopic (exact) mass is 181 g/mol. The Hall–Kier alpha value is -0.990. The third kappa shape index (κ3) is 1.69. The number of nitrogen functional groups attached to an aromatic ring is 1. The summed E-state index contributed by atoms with van der Waals surface area (Å²) >= 11 is 0. The van der Waals surface area contributed by atoms with Gasteiger partial charge in [0.05, 0.1) is 5.69 Å². The number of nitrogens with two attached hydrogens (primary N) is 1. The van der Waals surface area contributed by atoms with E-state index in [9.17, 15) is 0 Å². The molecule has 1 aromatic rings. The number of hydrogen-bond donors (Lipinski definition) is 1. The molecule has 0 saturated carbocycles. The van der Waals surface area contributed by atoms with Crippen molar-refractivity contribution in [3.05, 3.63) is 11.5 Å². The summed E-state index contributed by atoms with van der Waals surface area (Å²) in [6.45, 7) is 11.4. The lowest BCUT2D eigenvalue weighted by molar-refractivity contribution is 0.508. The molecule has 0 spiro atoms. The second-order valence-corrected chi connectivity index (χ2v) is 4.40. The van der Waals surface area contributed by atoms with Crippen LogP contribution in [0.25, 0.3) is 0 Å². The Labute approximate surface area is 80.0 Å². The zero-order chi connectivity index (χ0) is 10.2. The molecule has 3 heteroatoms. The summed E-state index contributed by atoms with van der Waals surface area (Å²) in [5.74, 6) is 1.87. The Morgan fingerprint density at radius 3 is 2.23 bits per heavy atom. The largest absolute Gasteiger partial charge is 0.384 e. The maximum absolute atomic E-state index is 5.91. The van der Waals surface area contributed by atoms with Crippen molar-refractivity contribution in [1.29, 1.82) is 0 Å². The molecule has 74 valence electrons. The van der Waals surface area contributed by atoms with Gasteiger partial charge in [-0.1, -0.05) is 20.8 Å². The lowest BCUT2D eigenvalue weighted by Crippen LogP contribution is -2.19. The van der Waals surface area contributed by atoms with Crippen LogP contribution in [0.15, 0.2) is 0 Å². The molecular formula is C10H19N3. The summed E-state index contributed by atoms with van der Waals surface area (Å²) in [6.07, 6.45) is 0. The fraction of sp³-hybridized carbons (Fsp3) is 0.700. The third-order valence-corrected chi connectivity index (χ3v) is 2.18. The van der Waals surface area contributed by atoms with E-state index in [1.807, 2.05) is 6.92 Å². The highest BCUT2D eigenvalue weighted by molar-refractivity contribution is 5.38. The number of hydrogen-bond acceptors (Lipinski definition) is 2. The molecule has 1 heterocycles. The molecular weight excluding hydrogens is 162 g/mol. The normalized spacial score (nSPS) is 12.1. The van der Waals surface area contributed by atoms with Crippen LogP contribution in [0, 0.1) is 6.92 Å². The smallest absolute Gasteiger partial charge is 0.126 e. The van der Waals surface area contributed by atoms with Gasteiger partial charge in [-0.25, -0.2) is 4.98 Å². The highest BCUT2D eigenvalue weighted by atomic mass is 15.1. The average molecular weight is 181 g/mol. The van der Waals surface area contributed by atoms with E-state index in [4.69, 9.17) is 5.73 Å². The van der Waals surface area contributed by atoms with E-state index < -0.39 is 0 Å². The van der Waals surface area contributed by atoms with Crippen LogP contribution in [0.3, 0.4) is 0 Å². The van der Waals surface area contributed by atoms with Crippen LogP contribution in [-0.2, 0) is 12.0 Å². The van der Waals surface area contributed by atoms with E-state index in [0.29, 0.717) is 0 Å². The molecule has 3 nitrogen and oxygen atoms in total. The van der Waals surface area contributed by atoms with Crippen molar-refractivity contribution in [3.63, 3.8) is 0 Å². The van der Waals surface area contributed by atoms with Gasteiger partial charge in [-0.15, -0.1) is 0 Å². The van der Waals surface area contributed by atoms with Crippen molar-refractivity contribution in [2.45, 2.75) is 46.6 Å². The number of aryl methyl sites for hydroxylation is 1. The van der Waals surface area contributed by atoms with Crippen LogP contribution in [-0.4, -0.2) is 9.55 Å².